The Labute approximate surface area is 149 Å². The number of nitrogens with zero attached hydrogens (tertiary/aromatic N) is 2. The van der Waals surface area contributed by atoms with Crippen molar-refractivity contribution in [3.8, 4) is 11.8 Å². The molecule has 1 amide bonds. The van der Waals surface area contributed by atoms with E-state index >= 15 is 0 Å². The van der Waals surface area contributed by atoms with E-state index < -0.39 is 0 Å². The Hall–Kier alpha value is -2.59. The molecule has 7 heteroatoms. The van der Waals surface area contributed by atoms with Crippen LogP contribution in [0.15, 0.2) is 41.0 Å². The van der Waals surface area contributed by atoms with E-state index in [1.807, 2.05) is 0 Å². The first-order chi connectivity index (χ1) is 11.7. The lowest BCUT2D eigenvalue weighted by molar-refractivity contribution is 0.0952. The number of methoxy groups -OCH3 is 1. The number of rotatable bonds is 7. The fourth-order valence-corrected chi connectivity index (χ4v) is 2.46. The number of benzene rings is 1. The van der Waals surface area contributed by atoms with Crippen molar-refractivity contribution < 1.29 is 9.53 Å². The maximum atomic E-state index is 12.2. The normalized spacial score (nSPS) is 9.88. The fraction of sp³-hybridized carbons (Fsp3) is 0.235. The summed E-state index contributed by atoms with van der Waals surface area (Å²) in [6, 6.07) is 10.8. The second kappa shape index (κ2) is 8.89. The Balaban J connectivity index is 1.80. The molecule has 0 fully saturated rings. The number of nitriles is 1. The second-order valence-corrected chi connectivity index (χ2v) is 5.75. The lowest BCUT2D eigenvalue weighted by atomic mass is 10.2. The van der Waals surface area contributed by atoms with Gasteiger partial charge >= 0.3 is 0 Å². The van der Waals surface area contributed by atoms with Crippen LogP contribution in [0.2, 0.25) is 0 Å². The number of pyridine rings is 1. The van der Waals surface area contributed by atoms with Gasteiger partial charge in [-0.15, -0.1) is 0 Å². The fourth-order valence-electron chi connectivity index (χ4n) is 2.03. The van der Waals surface area contributed by atoms with Crippen molar-refractivity contribution >= 4 is 27.7 Å². The molecule has 0 atom stereocenters. The molecule has 1 heterocycles. The van der Waals surface area contributed by atoms with Crippen molar-refractivity contribution in [3.63, 3.8) is 0 Å². The summed E-state index contributed by atoms with van der Waals surface area (Å²) >= 11 is 3.36. The number of nitrogens with one attached hydrogen (secondary N) is 2. The number of amides is 1. The van der Waals surface area contributed by atoms with Crippen molar-refractivity contribution in [1.82, 2.24) is 10.3 Å². The van der Waals surface area contributed by atoms with Gasteiger partial charge in [0.05, 0.1) is 18.2 Å². The molecular formula is C17H17BrN4O2. The number of halogens is 1. The highest BCUT2D eigenvalue weighted by Crippen LogP contribution is 2.22. The lowest BCUT2D eigenvalue weighted by Crippen LogP contribution is -2.26. The molecule has 0 spiro atoms. The number of ether oxygens (including phenoxy) is 1. The summed E-state index contributed by atoms with van der Waals surface area (Å²) in [6.45, 7) is 1.11. The van der Waals surface area contributed by atoms with Crippen molar-refractivity contribution in [2.45, 2.75) is 6.42 Å². The van der Waals surface area contributed by atoms with Gasteiger partial charge in [0.2, 0.25) is 0 Å². The smallest absolute Gasteiger partial charge is 0.252 e. The van der Waals surface area contributed by atoms with Gasteiger partial charge in [0.1, 0.15) is 17.6 Å². The number of hydrogen-bond donors (Lipinski definition) is 2. The minimum Gasteiger partial charge on any atom is -0.497 e. The summed E-state index contributed by atoms with van der Waals surface area (Å²) < 4.78 is 5.84. The van der Waals surface area contributed by atoms with Crippen LogP contribution in [-0.2, 0) is 0 Å². The molecule has 0 saturated heterocycles. The standard InChI is InChI=1S/C17H17BrN4O2/c1-24-13-5-6-15(18)14(10-13)17(23)22-9-3-8-21-16-12(11-19)4-2-7-20-16/h2,4-7,10H,3,8-9H2,1H3,(H,20,21)(H,22,23). The third kappa shape index (κ3) is 4.70. The molecule has 6 nitrogen and oxygen atoms in total. The van der Waals surface area contributed by atoms with Gasteiger partial charge in [-0.25, -0.2) is 4.98 Å². The highest BCUT2D eigenvalue weighted by molar-refractivity contribution is 9.10. The predicted molar refractivity (Wildman–Crippen MR) is 95.1 cm³/mol. The molecule has 0 unspecified atom stereocenters. The molecule has 0 radical (unpaired) electrons. The van der Waals surface area contributed by atoms with Gasteiger partial charge in [-0.05, 0) is 52.7 Å². The number of carbonyl (C=O) groups is 1. The first-order valence-corrected chi connectivity index (χ1v) is 8.15. The molecule has 24 heavy (non-hydrogen) atoms. The van der Waals surface area contributed by atoms with E-state index in [0.29, 0.717) is 46.7 Å². The molecule has 0 aliphatic rings. The molecular weight excluding hydrogens is 372 g/mol. The highest BCUT2D eigenvalue weighted by Gasteiger charge is 2.10. The largest absolute Gasteiger partial charge is 0.497 e. The van der Waals surface area contributed by atoms with Crippen LogP contribution in [0.4, 0.5) is 5.82 Å². The van der Waals surface area contributed by atoms with Crippen LogP contribution >= 0.6 is 15.9 Å². The Morgan fingerprint density at radius 2 is 2.21 bits per heavy atom. The van der Waals surface area contributed by atoms with Crippen LogP contribution in [0.25, 0.3) is 0 Å². The van der Waals surface area contributed by atoms with Crippen LogP contribution in [0.1, 0.15) is 22.3 Å². The molecule has 1 aromatic carbocycles. The van der Waals surface area contributed by atoms with Crippen LogP contribution in [0, 0.1) is 11.3 Å². The topological polar surface area (TPSA) is 87.0 Å². The third-order valence-electron chi connectivity index (χ3n) is 3.28. The van der Waals surface area contributed by atoms with Crippen molar-refractivity contribution in [3.05, 3.63) is 52.1 Å². The van der Waals surface area contributed by atoms with Crippen molar-refractivity contribution in [2.75, 3.05) is 25.5 Å². The average molecular weight is 389 g/mol. The second-order valence-electron chi connectivity index (χ2n) is 4.89. The molecule has 0 bridgehead atoms. The summed E-state index contributed by atoms with van der Waals surface area (Å²) in [5, 5.41) is 14.9. The summed E-state index contributed by atoms with van der Waals surface area (Å²) in [7, 11) is 1.56. The number of carbonyl (C=O) groups excluding carboxylic acids is 1. The zero-order valence-electron chi connectivity index (χ0n) is 13.2. The monoisotopic (exact) mass is 388 g/mol. The molecule has 1 aromatic heterocycles. The number of aromatic nitrogens is 1. The molecule has 0 aliphatic heterocycles. The average Bonchev–Trinajstić information content (AvgIpc) is 2.62. The van der Waals surface area contributed by atoms with Gasteiger partial charge in [0.15, 0.2) is 0 Å². The van der Waals surface area contributed by atoms with Crippen molar-refractivity contribution in [2.24, 2.45) is 0 Å². The minimum absolute atomic E-state index is 0.170. The third-order valence-corrected chi connectivity index (χ3v) is 3.97. The van der Waals surface area contributed by atoms with Crippen LogP contribution in [0.5, 0.6) is 5.75 Å². The van der Waals surface area contributed by atoms with Gasteiger partial charge < -0.3 is 15.4 Å². The maximum absolute atomic E-state index is 12.2. The Morgan fingerprint density at radius 1 is 1.38 bits per heavy atom. The number of hydrogen-bond acceptors (Lipinski definition) is 5. The number of anilines is 1. The molecule has 124 valence electrons. The highest BCUT2D eigenvalue weighted by atomic mass is 79.9. The summed E-state index contributed by atoms with van der Waals surface area (Å²) in [4.78, 5) is 16.3. The molecule has 0 saturated carbocycles. The van der Waals surface area contributed by atoms with Crippen LogP contribution in [0.3, 0.4) is 0 Å². The van der Waals surface area contributed by atoms with E-state index in [2.05, 4.69) is 37.6 Å². The van der Waals surface area contributed by atoms with Gasteiger partial charge in [-0.3, -0.25) is 4.79 Å². The predicted octanol–water partition coefficient (Wildman–Crippen LogP) is 2.96. The van der Waals surface area contributed by atoms with E-state index in [1.165, 1.54) is 0 Å². The Morgan fingerprint density at radius 3 is 2.96 bits per heavy atom. The zero-order valence-corrected chi connectivity index (χ0v) is 14.8. The SMILES string of the molecule is COc1ccc(Br)c(C(=O)NCCCNc2ncccc2C#N)c1. The van der Waals surface area contributed by atoms with Crippen molar-refractivity contribution in [1.29, 1.82) is 5.26 Å². The van der Waals surface area contributed by atoms with Gasteiger partial charge in [-0.1, -0.05) is 0 Å². The van der Waals surface area contributed by atoms with E-state index in [1.54, 1.807) is 43.6 Å². The van der Waals surface area contributed by atoms with Crippen LogP contribution in [-0.4, -0.2) is 31.1 Å². The van der Waals surface area contributed by atoms with E-state index in [9.17, 15) is 4.79 Å². The summed E-state index contributed by atoms with van der Waals surface area (Å²) in [6.07, 6.45) is 2.33. The quantitative estimate of drug-likeness (QED) is 0.711. The van der Waals surface area contributed by atoms with E-state index in [0.717, 1.165) is 0 Å². The zero-order chi connectivity index (χ0) is 17.4. The molecule has 2 N–H and O–H groups in total. The Bertz CT molecular complexity index is 758. The first-order valence-electron chi connectivity index (χ1n) is 7.36. The van der Waals surface area contributed by atoms with Crippen LogP contribution < -0.4 is 15.4 Å². The first kappa shape index (κ1) is 17.8. The summed E-state index contributed by atoms with van der Waals surface area (Å²) in [5.41, 5.74) is 1.03. The summed E-state index contributed by atoms with van der Waals surface area (Å²) in [5.74, 6) is 1.02. The van der Waals surface area contributed by atoms with Gasteiger partial charge in [0.25, 0.3) is 5.91 Å². The molecule has 2 rings (SSSR count). The minimum atomic E-state index is -0.170. The lowest BCUT2D eigenvalue weighted by Gasteiger charge is -2.10. The molecule has 2 aromatic rings. The van der Waals surface area contributed by atoms with E-state index in [4.69, 9.17) is 10.00 Å². The Kier molecular flexibility index (Phi) is 6.58. The van der Waals surface area contributed by atoms with E-state index in [-0.39, 0.29) is 5.91 Å². The maximum Gasteiger partial charge on any atom is 0.252 e. The molecule has 0 aliphatic carbocycles. The van der Waals surface area contributed by atoms with Gasteiger partial charge in [-0.2, -0.15) is 5.26 Å². The van der Waals surface area contributed by atoms with Gasteiger partial charge in [0, 0.05) is 23.8 Å².